The van der Waals surface area contributed by atoms with Crippen molar-refractivity contribution >= 4 is 23.2 Å². The van der Waals surface area contributed by atoms with E-state index in [1.54, 1.807) is 36.9 Å². The average Bonchev–Trinajstić information content (AvgIpc) is 2.59. The van der Waals surface area contributed by atoms with Crippen LogP contribution in [-0.2, 0) is 4.79 Å². The summed E-state index contributed by atoms with van der Waals surface area (Å²) in [7, 11) is 0. The van der Waals surface area contributed by atoms with E-state index in [2.05, 4.69) is 0 Å². The predicted octanol–water partition coefficient (Wildman–Crippen LogP) is 2.72. The quantitative estimate of drug-likeness (QED) is 0.911. The Hall–Kier alpha value is -1.57. The largest absolute Gasteiger partial charge is 0.390 e. The Morgan fingerprint density at radius 3 is 2.65 bits per heavy atom. The molecule has 1 aliphatic heterocycles. The fourth-order valence-electron chi connectivity index (χ4n) is 2.67. The van der Waals surface area contributed by atoms with E-state index < -0.39 is 11.5 Å². The number of nitrogens with zero attached hydrogens (tertiary/aromatic N) is 2. The second-order valence-electron chi connectivity index (χ2n) is 5.59. The molecule has 1 amide bonds. The van der Waals surface area contributed by atoms with Gasteiger partial charge in [-0.3, -0.25) is 4.79 Å². The molecule has 1 aliphatic rings. The van der Waals surface area contributed by atoms with Crippen LogP contribution in [0.15, 0.2) is 18.2 Å². The summed E-state index contributed by atoms with van der Waals surface area (Å²) in [6, 6.07) is 6.61. The van der Waals surface area contributed by atoms with Crippen molar-refractivity contribution in [1.82, 2.24) is 0 Å². The molecule has 0 saturated carbocycles. The highest BCUT2D eigenvalue weighted by Gasteiger charge is 2.52. The van der Waals surface area contributed by atoms with E-state index in [0.717, 1.165) is 0 Å². The van der Waals surface area contributed by atoms with E-state index in [4.69, 9.17) is 16.9 Å². The molecule has 1 heterocycles. The Morgan fingerprint density at radius 2 is 2.15 bits per heavy atom. The van der Waals surface area contributed by atoms with Crippen molar-refractivity contribution in [2.75, 3.05) is 4.90 Å². The third-order valence-corrected chi connectivity index (χ3v) is 4.29. The Morgan fingerprint density at radius 1 is 1.50 bits per heavy atom. The van der Waals surface area contributed by atoms with E-state index >= 15 is 0 Å². The fourth-order valence-corrected chi connectivity index (χ4v) is 2.89. The molecule has 0 aliphatic carbocycles. The zero-order valence-corrected chi connectivity index (χ0v) is 12.5. The average molecular weight is 293 g/mol. The number of carbonyl (C=O) groups excluding carboxylic acids is 1. The van der Waals surface area contributed by atoms with Gasteiger partial charge in [0, 0.05) is 5.69 Å². The summed E-state index contributed by atoms with van der Waals surface area (Å²) in [5.41, 5.74) is 0.173. The molecule has 0 bridgehead atoms. The van der Waals surface area contributed by atoms with Crippen molar-refractivity contribution in [3.8, 4) is 6.07 Å². The summed E-state index contributed by atoms with van der Waals surface area (Å²) in [6.45, 7) is 5.42. The molecule has 0 unspecified atom stereocenters. The summed E-state index contributed by atoms with van der Waals surface area (Å²) in [4.78, 5) is 14.1. The standard InChI is InChI=1S/C15H17ClN2O2/c1-4-12-13(19)15(2,3)14(20)18(12)10-6-5-9(8-17)11(16)7-10/h5-7,12-13,19H,4H2,1-3H3/t12-,13+/m1/s1. The first kappa shape index (κ1) is 14.8. The first-order valence-electron chi connectivity index (χ1n) is 6.56. The van der Waals surface area contributed by atoms with Gasteiger partial charge in [0.15, 0.2) is 0 Å². The molecule has 106 valence electrons. The highest BCUT2D eigenvalue weighted by atomic mass is 35.5. The van der Waals surface area contributed by atoms with Gasteiger partial charge in [0.25, 0.3) is 0 Å². The van der Waals surface area contributed by atoms with Gasteiger partial charge < -0.3 is 10.0 Å². The van der Waals surface area contributed by atoms with Crippen molar-refractivity contribution in [2.45, 2.75) is 39.3 Å². The first-order valence-corrected chi connectivity index (χ1v) is 6.93. The molecule has 1 N–H and O–H groups in total. The van der Waals surface area contributed by atoms with Crippen LogP contribution < -0.4 is 4.90 Å². The summed E-state index contributed by atoms with van der Waals surface area (Å²) in [5.74, 6) is -0.127. The van der Waals surface area contributed by atoms with Crippen LogP contribution in [0.5, 0.6) is 0 Å². The van der Waals surface area contributed by atoms with Crippen LogP contribution >= 0.6 is 11.6 Å². The number of amides is 1. The molecular weight excluding hydrogens is 276 g/mol. The van der Waals surface area contributed by atoms with Crippen molar-refractivity contribution in [2.24, 2.45) is 5.41 Å². The van der Waals surface area contributed by atoms with Gasteiger partial charge in [0.05, 0.1) is 28.1 Å². The van der Waals surface area contributed by atoms with Gasteiger partial charge >= 0.3 is 0 Å². The zero-order valence-electron chi connectivity index (χ0n) is 11.7. The number of benzene rings is 1. The van der Waals surface area contributed by atoms with Crippen molar-refractivity contribution in [3.63, 3.8) is 0 Å². The maximum Gasteiger partial charge on any atom is 0.235 e. The van der Waals surface area contributed by atoms with E-state index in [1.165, 1.54) is 0 Å². The molecule has 1 aromatic carbocycles. The van der Waals surface area contributed by atoms with Gasteiger partial charge in [-0.2, -0.15) is 5.26 Å². The molecule has 2 atom stereocenters. The molecule has 4 nitrogen and oxygen atoms in total. The molecule has 1 fully saturated rings. The van der Waals surface area contributed by atoms with Crippen molar-refractivity contribution in [3.05, 3.63) is 28.8 Å². The van der Waals surface area contributed by atoms with Crippen LogP contribution in [0.2, 0.25) is 5.02 Å². The highest BCUT2D eigenvalue weighted by Crippen LogP contribution is 2.40. The lowest BCUT2D eigenvalue weighted by Gasteiger charge is -2.25. The van der Waals surface area contributed by atoms with Crippen molar-refractivity contribution < 1.29 is 9.90 Å². The Kier molecular flexibility index (Phi) is 3.77. The molecule has 1 aromatic rings. The minimum atomic E-state index is -0.818. The summed E-state index contributed by atoms with van der Waals surface area (Å²) in [6.07, 6.45) is -0.0806. The number of aliphatic hydroxyl groups excluding tert-OH is 1. The van der Waals surface area contributed by atoms with Crippen LogP contribution in [0.4, 0.5) is 5.69 Å². The lowest BCUT2D eigenvalue weighted by molar-refractivity contribution is -0.126. The fraction of sp³-hybridized carbons (Fsp3) is 0.467. The molecular formula is C15H17ClN2O2. The van der Waals surface area contributed by atoms with Crippen LogP contribution in [0.25, 0.3) is 0 Å². The van der Waals surface area contributed by atoms with Gasteiger partial charge in [0.2, 0.25) is 5.91 Å². The molecule has 2 rings (SSSR count). The normalized spacial score (nSPS) is 24.8. The predicted molar refractivity (Wildman–Crippen MR) is 77.5 cm³/mol. The lowest BCUT2D eigenvalue weighted by Crippen LogP contribution is -2.36. The maximum atomic E-state index is 12.5. The number of hydrogen-bond donors (Lipinski definition) is 1. The summed E-state index contributed by atoms with van der Waals surface area (Å²) < 4.78 is 0. The molecule has 0 spiro atoms. The third kappa shape index (κ3) is 2.07. The molecule has 0 radical (unpaired) electrons. The number of anilines is 1. The van der Waals surface area contributed by atoms with Gasteiger partial charge in [0.1, 0.15) is 6.07 Å². The Bertz CT molecular complexity index is 592. The van der Waals surface area contributed by atoms with E-state index in [1.807, 2.05) is 13.0 Å². The van der Waals surface area contributed by atoms with Crippen LogP contribution in [-0.4, -0.2) is 23.2 Å². The summed E-state index contributed by atoms with van der Waals surface area (Å²) in [5, 5.41) is 19.5. The van der Waals surface area contributed by atoms with E-state index in [0.29, 0.717) is 22.7 Å². The van der Waals surface area contributed by atoms with Crippen LogP contribution in [0, 0.1) is 16.7 Å². The minimum absolute atomic E-state index is 0.127. The number of aliphatic hydroxyl groups is 1. The van der Waals surface area contributed by atoms with Gasteiger partial charge in [-0.05, 0) is 38.5 Å². The van der Waals surface area contributed by atoms with E-state index in [9.17, 15) is 9.90 Å². The second kappa shape index (κ2) is 5.08. The Balaban J connectivity index is 2.49. The molecule has 5 heteroatoms. The second-order valence-corrected chi connectivity index (χ2v) is 6.00. The first-order chi connectivity index (χ1) is 9.34. The zero-order chi connectivity index (χ0) is 15.1. The number of halogens is 1. The molecule has 20 heavy (non-hydrogen) atoms. The molecule has 0 aromatic heterocycles. The number of rotatable bonds is 2. The maximum absolute atomic E-state index is 12.5. The van der Waals surface area contributed by atoms with Crippen molar-refractivity contribution in [1.29, 1.82) is 5.26 Å². The van der Waals surface area contributed by atoms with Crippen LogP contribution in [0.1, 0.15) is 32.8 Å². The SMILES string of the molecule is CC[C@@H]1[C@H](O)C(C)(C)C(=O)N1c1ccc(C#N)c(Cl)c1. The lowest BCUT2D eigenvalue weighted by atomic mass is 9.86. The monoisotopic (exact) mass is 292 g/mol. The number of carbonyl (C=O) groups is 1. The summed E-state index contributed by atoms with van der Waals surface area (Å²) >= 11 is 6.03. The Labute approximate surface area is 123 Å². The van der Waals surface area contributed by atoms with Gasteiger partial charge in [-0.1, -0.05) is 18.5 Å². The number of nitriles is 1. The van der Waals surface area contributed by atoms with Crippen LogP contribution in [0.3, 0.4) is 0 Å². The van der Waals surface area contributed by atoms with E-state index in [-0.39, 0.29) is 11.9 Å². The number of hydrogen-bond acceptors (Lipinski definition) is 3. The van der Waals surface area contributed by atoms with Gasteiger partial charge in [-0.25, -0.2) is 0 Å². The topological polar surface area (TPSA) is 64.3 Å². The molecule has 1 saturated heterocycles. The smallest absolute Gasteiger partial charge is 0.235 e. The van der Waals surface area contributed by atoms with Gasteiger partial charge in [-0.15, -0.1) is 0 Å². The third-order valence-electron chi connectivity index (χ3n) is 3.98. The highest BCUT2D eigenvalue weighted by molar-refractivity contribution is 6.32. The minimum Gasteiger partial charge on any atom is -0.390 e.